The summed E-state index contributed by atoms with van der Waals surface area (Å²) in [6.45, 7) is -0.384. The second-order valence-corrected chi connectivity index (χ2v) is 5.71. The summed E-state index contributed by atoms with van der Waals surface area (Å²) in [4.78, 5) is 25.8. The van der Waals surface area contributed by atoms with Crippen LogP contribution in [0, 0.1) is 5.41 Å². The van der Waals surface area contributed by atoms with Crippen molar-refractivity contribution in [3.63, 3.8) is 0 Å². The molecule has 21 heavy (non-hydrogen) atoms. The third kappa shape index (κ3) is 2.14. The fourth-order valence-electron chi connectivity index (χ4n) is 3.13. The molecule has 3 fully saturated rings. The van der Waals surface area contributed by atoms with Gasteiger partial charge in [0.05, 0.1) is 5.41 Å². The zero-order valence-corrected chi connectivity index (χ0v) is 10.6. The van der Waals surface area contributed by atoms with Gasteiger partial charge in [0.15, 0.2) is 0 Å². The van der Waals surface area contributed by atoms with Crippen molar-refractivity contribution >= 4 is 11.9 Å². The molecule has 3 aliphatic rings. The lowest BCUT2D eigenvalue weighted by Gasteiger charge is -2.67. The number of carbonyl (C=O) groups excluding carboxylic acids is 1. The Morgan fingerprint density at radius 2 is 2.00 bits per heavy atom. The lowest BCUT2D eigenvalue weighted by molar-refractivity contribution is -0.200. The van der Waals surface area contributed by atoms with Gasteiger partial charge in [0.2, 0.25) is 5.91 Å². The highest BCUT2D eigenvalue weighted by atomic mass is 19.4. The first-order valence-corrected chi connectivity index (χ1v) is 6.15. The van der Waals surface area contributed by atoms with E-state index >= 15 is 0 Å². The smallest absolute Gasteiger partial charge is 0.453 e. The maximum atomic E-state index is 12.3. The topological polar surface area (TPSA) is 97.1 Å². The molecule has 7 nitrogen and oxygen atoms in total. The Morgan fingerprint density at radius 3 is 2.48 bits per heavy atom. The SMILES string of the molecule is O=C(Cn1cnc(C(F)(F)F)n1)NC12CC(C(=O)O)(C1)C2. The number of carboxylic acid groups (broad SMARTS) is 1. The lowest BCUT2D eigenvalue weighted by atomic mass is 9.39. The first-order valence-electron chi connectivity index (χ1n) is 6.15. The van der Waals surface area contributed by atoms with Crippen LogP contribution in [-0.2, 0) is 22.3 Å². The van der Waals surface area contributed by atoms with Crippen LogP contribution >= 0.6 is 0 Å². The van der Waals surface area contributed by atoms with Crippen molar-refractivity contribution in [2.24, 2.45) is 5.41 Å². The van der Waals surface area contributed by atoms with Gasteiger partial charge < -0.3 is 10.4 Å². The van der Waals surface area contributed by atoms with Crippen LogP contribution < -0.4 is 5.32 Å². The number of hydrogen-bond acceptors (Lipinski definition) is 4. The Bertz CT molecular complexity index is 605. The van der Waals surface area contributed by atoms with Crippen molar-refractivity contribution in [2.75, 3.05) is 0 Å². The largest absolute Gasteiger partial charge is 0.481 e. The minimum absolute atomic E-state index is 0.367. The van der Waals surface area contributed by atoms with Crippen LogP contribution in [0.2, 0.25) is 0 Å². The van der Waals surface area contributed by atoms with Gasteiger partial charge in [0.25, 0.3) is 5.82 Å². The molecular formula is C11H11F3N4O3. The molecule has 0 aromatic carbocycles. The van der Waals surface area contributed by atoms with E-state index in [1.165, 1.54) is 0 Å². The van der Waals surface area contributed by atoms with Crippen LogP contribution in [0.25, 0.3) is 0 Å². The molecule has 10 heteroatoms. The monoisotopic (exact) mass is 304 g/mol. The molecule has 0 spiro atoms. The fraction of sp³-hybridized carbons (Fsp3) is 0.636. The zero-order chi connectivity index (χ0) is 15.5. The first kappa shape index (κ1) is 13.8. The van der Waals surface area contributed by atoms with Crippen LogP contribution in [0.3, 0.4) is 0 Å². The van der Waals surface area contributed by atoms with E-state index in [4.69, 9.17) is 5.11 Å². The number of carbonyl (C=O) groups is 2. The molecular weight excluding hydrogens is 293 g/mol. The Labute approximate surface area is 116 Å². The maximum absolute atomic E-state index is 12.3. The van der Waals surface area contributed by atoms with E-state index in [0.29, 0.717) is 19.3 Å². The van der Waals surface area contributed by atoms with Crippen LogP contribution in [0.4, 0.5) is 13.2 Å². The Balaban J connectivity index is 1.55. The van der Waals surface area contributed by atoms with Gasteiger partial charge in [-0.05, 0) is 19.3 Å². The number of aliphatic carboxylic acids is 1. The molecule has 1 heterocycles. The number of halogens is 3. The maximum Gasteiger partial charge on any atom is 0.453 e. The van der Waals surface area contributed by atoms with Crippen LogP contribution in [-0.4, -0.2) is 37.3 Å². The predicted molar refractivity (Wildman–Crippen MR) is 59.8 cm³/mol. The lowest BCUT2D eigenvalue weighted by Crippen LogP contribution is -2.77. The molecule has 0 atom stereocenters. The minimum atomic E-state index is -4.65. The summed E-state index contributed by atoms with van der Waals surface area (Å²) in [5.74, 6) is -2.68. The average molecular weight is 304 g/mol. The Morgan fingerprint density at radius 1 is 1.38 bits per heavy atom. The average Bonchev–Trinajstić information content (AvgIpc) is 2.68. The number of hydrogen-bond donors (Lipinski definition) is 2. The van der Waals surface area contributed by atoms with Crippen molar-refractivity contribution < 1.29 is 27.9 Å². The summed E-state index contributed by atoms with van der Waals surface area (Å²) in [6, 6.07) is 0. The standard InChI is InChI=1S/C11H11F3N4O3/c12-11(13,14)7-15-5-18(17-7)1-6(19)16-10-2-9(3-10,4-10)8(20)21/h5H,1-4H2,(H,16,19)(H,20,21). The van der Waals surface area contributed by atoms with E-state index in [-0.39, 0.29) is 6.54 Å². The van der Waals surface area contributed by atoms with E-state index in [1.54, 1.807) is 0 Å². The number of nitrogens with one attached hydrogen (secondary N) is 1. The van der Waals surface area contributed by atoms with Gasteiger partial charge in [-0.2, -0.15) is 13.2 Å². The number of alkyl halides is 3. The molecule has 1 aromatic rings. The summed E-state index contributed by atoms with van der Waals surface area (Å²) in [6.07, 6.45) is -2.71. The van der Waals surface area contributed by atoms with Crippen molar-refractivity contribution in [1.82, 2.24) is 20.1 Å². The van der Waals surface area contributed by atoms with Gasteiger partial charge in [0, 0.05) is 5.54 Å². The highest BCUT2D eigenvalue weighted by Crippen LogP contribution is 2.67. The molecule has 4 rings (SSSR count). The molecule has 0 unspecified atom stereocenters. The molecule has 2 N–H and O–H groups in total. The molecule has 0 aliphatic heterocycles. The van der Waals surface area contributed by atoms with E-state index in [2.05, 4.69) is 15.4 Å². The minimum Gasteiger partial charge on any atom is -0.481 e. The molecule has 114 valence electrons. The molecule has 3 saturated carbocycles. The van der Waals surface area contributed by atoms with Crippen molar-refractivity contribution in [1.29, 1.82) is 0 Å². The molecule has 0 radical (unpaired) electrons. The summed E-state index contributed by atoms with van der Waals surface area (Å²) >= 11 is 0. The van der Waals surface area contributed by atoms with E-state index in [0.717, 1.165) is 11.0 Å². The third-order valence-corrected chi connectivity index (χ3v) is 3.98. The Hall–Kier alpha value is -2.13. The first-order chi connectivity index (χ1) is 9.64. The third-order valence-electron chi connectivity index (χ3n) is 3.98. The number of aromatic nitrogens is 3. The Kier molecular flexibility index (Phi) is 2.60. The predicted octanol–water partition coefficient (Wildman–Crippen LogP) is 0.420. The van der Waals surface area contributed by atoms with E-state index in [9.17, 15) is 22.8 Å². The zero-order valence-electron chi connectivity index (χ0n) is 10.6. The summed E-state index contributed by atoms with van der Waals surface area (Å²) in [7, 11) is 0. The van der Waals surface area contributed by atoms with Crippen LogP contribution in [0.1, 0.15) is 25.1 Å². The highest BCUT2D eigenvalue weighted by molar-refractivity contribution is 5.83. The molecule has 3 aliphatic carbocycles. The number of nitrogens with zero attached hydrogens (tertiary/aromatic N) is 3. The van der Waals surface area contributed by atoms with Crippen LogP contribution in [0.5, 0.6) is 0 Å². The van der Waals surface area contributed by atoms with Gasteiger partial charge >= 0.3 is 12.1 Å². The van der Waals surface area contributed by atoms with Crippen molar-refractivity contribution in [3.05, 3.63) is 12.2 Å². The number of rotatable bonds is 4. The van der Waals surface area contributed by atoms with Crippen LogP contribution in [0.15, 0.2) is 6.33 Å². The number of amides is 1. The fourth-order valence-corrected chi connectivity index (χ4v) is 3.13. The molecule has 2 bridgehead atoms. The van der Waals surface area contributed by atoms with Gasteiger partial charge in [0.1, 0.15) is 12.9 Å². The highest BCUT2D eigenvalue weighted by Gasteiger charge is 2.72. The summed E-state index contributed by atoms with van der Waals surface area (Å²) in [5.41, 5.74) is -1.23. The summed E-state index contributed by atoms with van der Waals surface area (Å²) in [5, 5.41) is 14.8. The quantitative estimate of drug-likeness (QED) is 0.840. The number of carboxylic acids is 1. The van der Waals surface area contributed by atoms with Gasteiger partial charge in [-0.25, -0.2) is 9.67 Å². The van der Waals surface area contributed by atoms with Gasteiger partial charge in [-0.1, -0.05) is 0 Å². The second-order valence-electron chi connectivity index (χ2n) is 5.71. The van der Waals surface area contributed by atoms with E-state index < -0.39 is 34.8 Å². The second kappa shape index (κ2) is 3.95. The molecule has 1 aromatic heterocycles. The van der Waals surface area contributed by atoms with Gasteiger partial charge in [-0.3, -0.25) is 9.59 Å². The van der Waals surface area contributed by atoms with E-state index in [1.807, 2.05) is 0 Å². The molecule has 0 saturated heterocycles. The normalized spacial score (nSPS) is 30.2. The van der Waals surface area contributed by atoms with Gasteiger partial charge in [-0.15, -0.1) is 5.10 Å². The van der Waals surface area contributed by atoms with Crippen molar-refractivity contribution in [3.8, 4) is 0 Å². The molecule has 1 amide bonds. The van der Waals surface area contributed by atoms with Crippen molar-refractivity contribution in [2.45, 2.75) is 37.5 Å². The summed E-state index contributed by atoms with van der Waals surface area (Å²) < 4.78 is 37.7.